The van der Waals surface area contributed by atoms with Crippen LogP contribution >= 0.6 is 0 Å². The molecule has 0 unspecified atom stereocenters. The molecule has 0 aliphatic rings. The van der Waals surface area contributed by atoms with Gasteiger partial charge < -0.3 is 4.90 Å². The van der Waals surface area contributed by atoms with E-state index in [2.05, 4.69) is 0 Å². The van der Waals surface area contributed by atoms with E-state index in [1.807, 2.05) is 30.3 Å². The molecule has 2 aromatic rings. The van der Waals surface area contributed by atoms with Crippen molar-refractivity contribution in [3.63, 3.8) is 0 Å². The van der Waals surface area contributed by atoms with Gasteiger partial charge in [0.05, 0.1) is 21.5 Å². The summed E-state index contributed by atoms with van der Waals surface area (Å²) in [7, 11) is 1.54. The summed E-state index contributed by atoms with van der Waals surface area (Å²) in [6.07, 6.45) is 0. The lowest BCUT2D eigenvalue weighted by Crippen LogP contribution is -2.27. The predicted octanol–water partition coefficient (Wildman–Crippen LogP) is 3.08. The summed E-state index contributed by atoms with van der Waals surface area (Å²) in [6.45, 7) is 1.70. The Labute approximate surface area is 137 Å². The Morgan fingerprint density at radius 2 is 1.71 bits per heavy atom. The molecule has 0 aliphatic carbocycles. The first-order valence-electron chi connectivity index (χ1n) is 7.04. The van der Waals surface area contributed by atoms with E-state index in [0.29, 0.717) is 0 Å². The molecule has 0 radical (unpaired) electrons. The molecule has 124 valence electrons. The molecule has 0 atom stereocenters. The number of nitro benzene ring substituents is 2. The van der Waals surface area contributed by atoms with Gasteiger partial charge in [-0.1, -0.05) is 30.3 Å². The number of non-ortho nitro benzene ring substituents is 1. The molecular weight excluding hydrogens is 314 g/mol. The zero-order chi connectivity index (χ0) is 17.9. The molecule has 2 rings (SSSR count). The van der Waals surface area contributed by atoms with Gasteiger partial charge >= 0.3 is 0 Å². The Morgan fingerprint density at radius 3 is 2.25 bits per heavy atom. The second-order valence-corrected chi connectivity index (χ2v) is 5.30. The largest absolute Gasteiger partial charge is 0.337 e. The number of benzene rings is 2. The van der Waals surface area contributed by atoms with Crippen LogP contribution in [0.3, 0.4) is 0 Å². The van der Waals surface area contributed by atoms with Crippen molar-refractivity contribution in [2.45, 2.75) is 13.5 Å². The van der Waals surface area contributed by atoms with Crippen LogP contribution in [0.25, 0.3) is 0 Å². The van der Waals surface area contributed by atoms with Crippen LogP contribution in [0.4, 0.5) is 11.4 Å². The molecule has 0 bridgehead atoms. The van der Waals surface area contributed by atoms with Gasteiger partial charge in [-0.2, -0.15) is 0 Å². The number of rotatable bonds is 5. The van der Waals surface area contributed by atoms with Gasteiger partial charge in [-0.25, -0.2) is 0 Å². The minimum atomic E-state index is -0.750. The summed E-state index contributed by atoms with van der Waals surface area (Å²) in [5.41, 5.74) is 0.0141. The van der Waals surface area contributed by atoms with Crippen LogP contribution < -0.4 is 0 Å². The van der Waals surface area contributed by atoms with E-state index >= 15 is 0 Å². The molecule has 2 aromatic carbocycles. The molecule has 0 aromatic heterocycles. The van der Waals surface area contributed by atoms with Gasteiger partial charge in [0.25, 0.3) is 17.3 Å². The first kappa shape index (κ1) is 17.1. The van der Waals surface area contributed by atoms with Crippen molar-refractivity contribution in [3.05, 3.63) is 79.4 Å². The van der Waals surface area contributed by atoms with E-state index in [4.69, 9.17) is 0 Å². The van der Waals surface area contributed by atoms with Crippen molar-refractivity contribution in [2.75, 3.05) is 7.05 Å². The van der Waals surface area contributed by atoms with Crippen molar-refractivity contribution < 1.29 is 14.6 Å². The van der Waals surface area contributed by atoms with Crippen LogP contribution in [-0.2, 0) is 6.54 Å². The third kappa shape index (κ3) is 3.54. The lowest BCUT2D eigenvalue weighted by atomic mass is 10.0. The third-order valence-corrected chi connectivity index (χ3v) is 3.61. The topological polar surface area (TPSA) is 107 Å². The predicted molar refractivity (Wildman–Crippen MR) is 86.7 cm³/mol. The van der Waals surface area contributed by atoms with E-state index in [-0.39, 0.29) is 17.7 Å². The molecular formula is C16H15N3O5. The molecule has 0 N–H and O–H groups in total. The zero-order valence-corrected chi connectivity index (χ0v) is 13.1. The molecule has 0 saturated heterocycles. The minimum absolute atomic E-state index is 0.0469. The lowest BCUT2D eigenvalue weighted by Gasteiger charge is -2.18. The maximum Gasteiger partial charge on any atom is 0.279 e. The Hall–Kier alpha value is -3.29. The van der Waals surface area contributed by atoms with Gasteiger partial charge in [0.1, 0.15) is 0 Å². The highest BCUT2D eigenvalue weighted by atomic mass is 16.6. The first-order valence-corrected chi connectivity index (χ1v) is 7.04. The van der Waals surface area contributed by atoms with Crippen molar-refractivity contribution >= 4 is 17.3 Å². The normalized spacial score (nSPS) is 10.2. The molecule has 0 saturated carbocycles. The molecule has 1 amide bonds. The van der Waals surface area contributed by atoms with Gasteiger partial charge in [0.2, 0.25) is 0 Å². The number of nitro groups is 2. The monoisotopic (exact) mass is 329 g/mol. The van der Waals surface area contributed by atoms with Crippen LogP contribution in [-0.4, -0.2) is 27.7 Å². The summed E-state index contributed by atoms with van der Waals surface area (Å²) in [6, 6.07) is 11.1. The highest BCUT2D eigenvalue weighted by Crippen LogP contribution is 2.28. The van der Waals surface area contributed by atoms with Crippen molar-refractivity contribution in [1.82, 2.24) is 4.90 Å². The average molecular weight is 329 g/mol. The van der Waals surface area contributed by atoms with Gasteiger partial charge in [-0.05, 0) is 12.5 Å². The standard InChI is InChI=1S/C16H15N3O5/c1-11-14(8-13(18(21)22)9-15(11)19(23)24)16(20)17(2)10-12-6-4-3-5-7-12/h3-9H,10H2,1-2H3. The van der Waals surface area contributed by atoms with Gasteiger partial charge in [0, 0.05) is 25.2 Å². The second kappa shape index (κ2) is 6.86. The number of amides is 1. The second-order valence-electron chi connectivity index (χ2n) is 5.30. The van der Waals surface area contributed by atoms with Gasteiger partial charge in [0.15, 0.2) is 0 Å². The summed E-state index contributed by atoms with van der Waals surface area (Å²) >= 11 is 0. The van der Waals surface area contributed by atoms with E-state index in [1.165, 1.54) is 11.8 Å². The Bertz CT molecular complexity index is 805. The fourth-order valence-electron chi connectivity index (χ4n) is 2.34. The Kier molecular flexibility index (Phi) is 4.88. The van der Waals surface area contributed by atoms with E-state index in [9.17, 15) is 25.0 Å². The third-order valence-electron chi connectivity index (χ3n) is 3.61. The van der Waals surface area contributed by atoms with Gasteiger partial charge in [-0.3, -0.25) is 25.0 Å². The van der Waals surface area contributed by atoms with Crippen LogP contribution in [0.2, 0.25) is 0 Å². The number of carbonyl (C=O) groups excluding carboxylic acids is 1. The highest BCUT2D eigenvalue weighted by Gasteiger charge is 2.26. The zero-order valence-electron chi connectivity index (χ0n) is 13.1. The fraction of sp³-hybridized carbons (Fsp3) is 0.188. The van der Waals surface area contributed by atoms with E-state index in [0.717, 1.165) is 17.7 Å². The summed E-state index contributed by atoms with van der Waals surface area (Å²) in [5.74, 6) is -0.511. The van der Waals surface area contributed by atoms with Crippen molar-refractivity contribution in [1.29, 1.82) is 0 Å². The summed E-state index contributed by atoms with van der Waals surface area (Å²) in [5, 5.41) is 22.1. The van der Waals surface area contributed by atoms with Crippen molar-refractivity contribution in [2.24, 2.45) is 0 Å². The molecule has 8 nitrogen and oxygen atoms in total. The van der Waals surface area contributed by atoms with E-state index in [1.54, 1.807) is 7.05 Å². The molecule has 0 fully saturated rings. The van der Waals surface area contributed by atoms with Crippen LogP contribution in [0.15, 0.2) is 42.5 Å². The average Bonchev–Trinajstić information content (AvgIpc) is 2.54. The Morgan fingerprint density at radius 1 is 1.08 bits per heavy atom. The molecule has 0 spiro atoms. The van der Waals surface area contributed by atoms with Crippen LogP contribution in [0.1, 0.15) is 21.5 Å². The highest BCUT2D eigenvalue weighted by molar-refractivity contribution is 5.97. The summed E-state index contributed by atoms with van der Waals surface area (Å²) < 4.78 is 0. The Balaban J connectivity index is 2.40. The number of hydrogen-bond donors (Lipinski definition) is 0. The van der Waals surface area contributed by atoms with Crippen LogP contribution in [0, 0.1) is 27.2 Å². The number of hydrogen-bond acceptors (Lipinski definition) is 5. The smallest absolute Gasteiger partial charge is 0.279 e. The first-order chi connectivity index (χ1) is 11.3. The SMILES string of the molecule is Cc1c(C(=O)N(C)Cc2ccccc2)cc([N+](=O)[O-])cc1[N+](=O)[O-]. The molecule has 24 heavy (non-hydrogen) atoms. The van der Waals surface area contributed by atoms with Crippen molar-refractivity contribution in [3.8, 4) is 0 Å². The van der Waals surface area contributed by atoms with Gasteiger partial charge in [-0.15, -0.1) is 0 Å². The maximum atomic E-state index is 12.6. The van der Waals surface area contributed by atoms with Crippen LogP contribution in [0.5, 0.6) is 0 Å². The molecule has 8 heteroatoms. The minimum Gasteiger partial charge on any atom is -0.337 e. The maximum absolute atomic E-state index is 12.6. The molecule has 0 aliphatic heterocycles. The summed E-state index contributed by atoms with van der Waals surface area (Å²) in [4.78, 5) is 34.6. The number of carbonyl (C=O) groups is 1. The lowest BCUT2D eigenvalue weighted by molar-refractivity contribution is -0.394. The van der Waals surface area contributed by atoms with E-state index < -0.39 is 27.1 Å². The molecule has 0 heterocycles. The fourth-order valence-corrected chi connectivity index (χ4v) is 2.34. The quantitative estimate of drug-likeness (QED) is 0.619. The number of nitrogens with zero attached hydrogens (tertiary/aromatic N) is 3.